The largest absolute Gasteiger partial charge is 0.434 e. The average Bonchev–Trinajstić information content (AvgIpc) is 2.80. The highest BCUT2D eigenvalue weighted by Gasteiger charge is 2.17. The molecule has 1 N–H and O–H groups in total. The van der Waals surface area contributed by atoms with E-state index in [1.54, 1.807) is 13.3 Å². The minimum absolute atomic E-state index is 0.169. The summed E-state index contributed by atoms with van der Waals surface area (Å²) in [6.45, 7) is 4.10. The highest BCUT2D eigenvalue weighted by Crippen LogP contribution is 2.09. The van der Waals surface area contributed by atoms with E-state index in [-0.39, 0.29) is 12.6 Å². The monoisotopic (exact) mass is 282 g/mol. The first-order valence-corrected chi connectivity index (χ1v) is 6.40. The number of piperazine rings is 1. The lowest BCUT2D eigenvalue weighted by Gasteiger charge is -2.32. The summed E-state index contributed by atoms with van der Waals surface area (Å²) in [6, 6.07) is 0. The number of nitro groups is 1. The molecule has 0 spiro atoms. The van der Waals surface area contributed by atoms with Crippen molar-refractivity contribution in [1.29, 1.82) is 0 Å². The summed E-state index contributed by atoms with van der Waals surface area (Å²) >= 11 is 0. The minimum Gasteiger partial charge on any atom is -0.395 e. The van der Waals surface area contributed by atoms with Crippen LogP contribution >= 0.6 is 0 Å². The Kier molecular flexibility index (Phi) is 4.64. The Morgan fingerprint density at radius 3 is 2.75 bits per heavy atom. The summed E-state index contributed by atoms with van der Waals surface area (Å²) in [7, 11) is 1.59. The highest BCUT2D eigenvalue weighted by atomic mass is 16.6. The van der Waals surface area contributed by atoms with Crippen LogP contribution < -0.4 is 0 Å². The molecule has 110 valence electrons. The van der Waals surface area contributed by atoms with Crippen LogP contribution in [0.25, 0.3) is 0 Å². The molecule has 1 aliphatic heterocycles. The first kappa shape index (κ1) is 14.4. The molecule has 0 aromatic carbocycles. The predicted molar refractivity (Wildman–Crippen MR) is 72.6 cm³/mol. The summed E-state index contributed by atoms with van der Waals surface area (Å²) in [5.74, 6) is -0.195. The second-order valence-corrected chi connectivity index (χ2v) is 4.56. The van der Waals surface area contributed by atoms with Crippen molar-refractivity contribution in [2.75, 3.05) is 39.3 Å². The minimum atomic E-state index is -0.523. The van der Waals surface area contributed by atoms with E-state index >= 15 is 0 Å². The van der Waals surface area contributed by atoms with Crippen molar-refractivity contribution in [3.8, 4) is 0 Å². The zero-order valence-electron chi connectivity index (χ0n) is 11.3. The van der Waals surface area contributed by atoms with Gasteiger partial charge in [-0.1, -0.05) is 4.98 Å². The zero-order valence-corrected chi connectivity index (χ0v) is 11.3. The topological polar surface area (TPSA) is 100 Å². The first-order valence-electron chi connectivity index (χ1n) is 6.40. The molecule has 9 heteroatoms. The van der Waals surface area contributed by atoms with Gasteiger partial charge >= 0.3 is 5.95 Å². The van der Waals surface area contributed by atoms with Crippen molar-refractivity contribution in [3.63, 3.8) is 0 Å². The van der Waals surface area contributed by atoms with Crippen LogP contribution in [-0.4, -0.2) is 75.0 Å². The fourth-order valence-electron chi connectivity index (χ4n) is 2.06. The molecule has 0 saturated carbocycles. The molecule has 0 aliphatic carbocycles. The number of aliphatic hydroxyl groups is 1. The van der Waals surface area contributed by atoms with Crippen LogP contribution in [0, 0.1) is 10.1 Å². The molecule has 2 heterocycles. The van der Waals surface area contributed by atoms with Crippen molar-refractivity contribution in [2.45, 2.75) is 0 Å². The lowest BCUT2D eigenvalue weighted by molar-refractivity contribution is -0.396. The Hall–Kier alpha value is -2.00. The molecule has 1 aromatic rings. The summed E-state index contributed by atoms with van der Waals surface area (Å²) in [5, 5.41) is 25.8. The maximum Gasteiger partial charge on any atom is 0.434 e. The van der Waals surface area contributed by atoms with E-state index in [2.05, 4.69) is 15.0 Å². The molecule has 9 nitrogen and oxygen atoms in total. The van der Waals surface area contributed by atoms with Gasteiger partial charge in [0.25, 0.3) is 0 Å². The van der Waals surface area contributed by atoms with Crippen molar-refractivity contribution in [3.05, 3.63) is 22.0 Å². The summed E-state index contributed by atoms with van der Waals surface area (Å²) in [4.78, 5) is 16.1. The van der Waals surface area contributed by atoms with E-state index in [1.807, 2.05) is 5.01 Å². The first-order chi connectivity index (χ1) is 9.61. The Balaban J connectivity index is 1.92. The third kappa shape index (κ3) is 3.31. The van der Waals surface area contributed by atoms with Crippen LogP contribution in [0.4, 0.5) is 5.95 Å². The second kappa shape index (κ2) is 6.44. The normalized spacial score (nSPS) is 17.0. The zero-order chi connectivity index (χ0) is 14.5. The van der Waals surface area contributed by atoms with Crippen LogP contribution in [0.5, 0.6) is 0 Å². The Labute approximate surface area is 116 Å². The molecule has 0 atom stereocenters. The Bertz CT molecular complexity index is 492. The van der Waals surface area contributed by atoms with Gasteiger partial charge < -0.3 is 15.2 Å². The summed E-state index contributed by atoms with van der Waals surface area (Å²) in [6.07, 6.45) is 3.02. The van der Waals surface area contributed by atoms with Gasteiger partial charge in [0.2, 0.25) is 0 Å². The average molecular weight is 282 g/mol. The molecule has 1 aromatic heterocycles. The Morgan fingerprint density at radius 1 is 1.50 bits per heavy atom. The van der Waals surface area contributed by atoms with Gasteiger partial charge in [0.1, 0.15) is 6.20 Å². The molecule has 0 bridgehead atoms. The number of imidazole rings is 1. The number of hydrogen-bond donors (Lipinski definition) is 1. The van der Waals surface area contributed by atoms with Crippen molar-refractivity contribution in [2.24, 2.45) is 12.1 Å². The SMILES string of the molecule is Cn1c(/C=N/N2CCN(CCO)CC2)cnc1[N+](=O)[O-]. The molecule has 2 rings (SSSR count). The number of rotatable bonds is 5. The number of β-amino-alcohol motifs (C(OH)–C–C–N with tert-alkyl or cyclic N) is 1. The van der Waals surface area contributed by atoms with Crippen LogP contribution in [0.15, 0.2) is 11.3 Å². The smallest absolute Gasteiger partial charge is 0.395 e. The molecular formula is C11H18N6O3. The van der Waals surface area contributed by atoms with Crippen LogP contribution in [0.2, 0.25) is 0 Å². The molecule has 0 radical (unpaired) electrons. The maximum absolute atomic E-state index is 10.7. The van der Waals surface area contributed by atoms with Crippen LogP contribution in [0.3, 0.4) is 0 Å². The molecular weight excluding hydrogens is 264 g/mol. The quantitative estimate of drug-likeness (QED) is 0.434. The third-order valence-electron chi connectivity index (χ3n) is 3.28. The van der Waals surface area contributed by atoms with Crippen LogP contribution in [-0.2, 0) is 7.05 Å². The van der Waals surface area contributed by atoms with Gasteiger partial charge in [-0.15, -0.1) is 0 Å². The molecule has 1 aliphatic rings. The molecule has 20 heavy (non-hydrogen) atoms. The fraction of sp³-hybridized carbons (Fsp3) is 0.636. The van der Waals surface area contributed by atoms with E-state index < -0.39 is 4.92 Å². The number of hydrogen-bond acceptors (Lipinski definition) is 7. The number of hydrazone groups is 1. The molecule has 1 saturated heterocycles. The number of aromatic nitrogens is 2. The van der Waals surface area contributed by atoms with Gasteiger partial charge in [-0.05, 0) is 4.92 Å². The summed E-state index contributed by atoms with van der Waals surface area (Å²) in [5.41, 5.74) is 0.592. The van der Waals surface area contributed by atoms with Gasteiger partial charge in [0.15, 0.2) is 5.69 Å². The standard InChI is InChI=1S/C11H18N6O3/c1-14-10(8-12-11(14)17(19)20)9-13-16-4-2-15(3-5-16)6-7-18/h8-9,18H,2-7H2,1H3/b13-9+. The van der Waals surface area contributed by atoms with Gasteiger partial charge in [-0.3, -0.25) is 9.91 Å². The molecule has 1 fully saturated rings. The maximum atomic E-state index is 10.7. The molecule has 0 amide bonds. The molecule has 0 unspecified atom stereocenters. The van der Waals surface area contributed by atoms with E-state index in [0.717, 1.165) is 26.2 Å². The highest BCUT2D eigenvalue weighted by molar-refractivity contribution is 5.77. The number of nitrogens with zero attached hydrogens (tertiary/aromatic N) is 6. The fourth-order valence-corrected chi connectivity index (χ4v) is 2.06. The van der Waals surface area contributed by atoms with Gasteiger partial charge in [-0.25, -0.2) is 4.57 Å². The second-order valence-electron chi connectivity index (χ2n) is 4.56. The Morgan fingerprint density at radius 2 is 2.20 bits per heavy atom. The van der Waals surface area contributed by atoms with Crippen molar-refractivity contribution < 1.29 is 10.0 Å². The van der Waals surface area contributed by atoms with Gasteiger partial charge in [0.05, 0.1) is 19.9 Å². The van der Waals surface area contributed by atoms with Gasteiger partial charge in [-0.2, -0.15) is 5.10 Å². The summed E-state index contributed by atoms with van der Waals surface area (Å²) < 4.78 is 1.39. The lowest BCUT2D eigenvalue weighted by Crippen LogP contribution is -2.45. The van der Waals surface area contributed by atoms with E-state index in [1.165, 1.54) is 10.8 Å². The lowest BCUT2D eigenvalue weighted by atomic mass is 10.3. The predicted octanol–water partition coefficient (Wildman–Crippen LogP) is -0.728. The third-order valence-corrected chi connectivity index (χ3v) is 3.28. The van der Waals surface area contributed by atoms with Crippen LogP contribution in [0.1, 0.15) is 5.69 Å². The van der Waals surface area contributed by atoms with Crippen molar-refractivity contribution >= 4 is 12.2 Å². The van der Waals surface area contributed by atoms with Gasteiger partial charge in [0, 0.05) is 32.7 Å². The van der Waals surface area contributed by atoms with E-state index in [9.17, 15) is 10.1 Å². The van der Waals surface area contributed by atoms with E-state index in [0.29, 0.717) is 12.2 Å². The number of aliphatic hydroxyl groups excluding tert-OH is 1. The van der Waals surface area contributed by atoms with E-state index in [4.69, 9.17) is 5.11 Å². The van der Waals surface area contributed by atoms with Crippen molar-refractivity contribution in [1.82, 2.24) is 19.5 Å².